The average Bonchev–Trinajstić information content (AvgIpc) is 3.38. The Morgan fingerprint density at radius 2 is 2.07 bits per heavy atom. The Morgan fingerprint density at radius 3 is 2.76 bits per heavy atom. The molecule has 0 aliphatic carbocycles. The maximum Gasteiger partial charge on any atom is 0.253 e. The summed E-state index contributed by atoms with van der Waals surface area (Å²) in [6.45, 7) is 2.86. The van der Waals surface area contributed by atoms with Gasteiger partial charge in [0.25, 0.3) is 5.91 Å². The van der Waals surface area contributed by atoms with E-state index in [-0.39, 0.29) is 24.5 Å². The number of rotatable bonds is 9. The van der Waals surface area contributed by atoms with Gasteiger partial charge < -0.3 is 24.8 Å². The third kappa shape index (κ3) is 6.30. The van der Waals surface area contributed by atoms with Gasteiger partial charge in [0, 0.05) is 18.5 Å². The summed E-state index contributed by atoms with van der Waals surface area (Å²) in [5.41, 5.74) is 1.16. The van der Waals surface area contributed by atoms with Gasteiger partial charge in [-0.3, -0.25) is 14.3 Å². The number of nitrogens with one attached hydrogen (secondary N) is 2. The lowest BCUT2D eigenvalue weighted by Crippen LogP contribution is -2.30. The van der Waals surface area contributed by atoms with Crippen LogP contribution in [0.15, 0.2) is 36.7 Å². The van der Waals surface area contributed by atoms with Crippen LogP contribution in [-0.2, 0) is 25.6 Å². The Labute approximate surface area is 169 Å². The number of carbonyl (C=O) groups is 2. The second kappa shape index (κ2) is 10.0. The van der Waals surface area contributed by atoms with Gasteiger partial charge >= 0.3 is 0 Å². The summed E-state index contributed by atoms with van der Waals surface area (Å²) in [5.74, 6) is 0.207. The number of hydrogen-bond acceptors (Lipinski definition) is 6. The van der Waals surface area contributed by atoms with Crippen molar-refractivity contribution in [3.8, 4) is 5.75 Å². The van der Waals surface area contributed by atoms with Gasteiger partial charge in [-0.25, -0.2) is 0 Å². The zero-order valence-electron chi connectivity index (χ0n) is 16.6. The Balaban J connectivity index is 1.44. The second-order valence-electron chi connectivity index (χ2n) is 6.80. The van der Waals surface area contributed by atoms with Crippen molar-refractivity contribution in [3.63, 3.8) is 0 Å². The van der Waals surface area contributed by atoms with Gasteiger partial charge in [0.05, 0.1) is 31.7 Å². The molecule has 2 atom stereocenters. The van der Waals surface area contributed by atoms with Crippen LogP contribution in [-0.4, -0.2) is 54.1 Å². The quantitative estimate of drug-likeness (QED) is 0.665. The van der Waals surface area contributed by atoms with Crippen molar-refractivity contribution < 1.29 is 23.8 Å². The first-order valence-electron chi connectivity index (χ1n) is 9.54. The van der Waals surface area contributed by atoms with E-state index in [1.54, 1.807) is 44.5 Å². The number of methoxy groups -OCH3 is 1. The van der Waals surface area contributed by atoms with Gasteiger partial charge in [-0.15, -0.1) is 0 Å². The summed E-state index contributed by atoms with van der Waals surface area (Å²) in [4.78, 5) is 24.4. The highest BCUT2D eigenvalue weighted by Crippen LogP contribution is 2.15. The third-order valence-electron chi connectivity index (χ3n) is 4.51. The molecule has 1 aromatic heterocycles. The molecule has 1 aromatic carbocycles. The lowest BCUT2D eigenvalue weighted by Gasteiger charge is -2.15. The first-order valence-corrected chi connectivity index (χ1v) is 9.54. The topological polar surface area (TPSA) is 104 Å². The van der Waals surface area contributed by atoms with Crippen LogP contribution >= 0.6 is 0 Å². The van der Waals surface area contributed by atoms with Gasteiger partial charge in [0.1, 0.15) is 18.4 Å². The summed E-state index contributed by atoms with van der Waals surface area (Å²) in [6.07, 6.45) is 4.53. The van der Waals surface area contributed by atoms with Gasteiger partial charge in [-0.1, -0.05) is 0 Å². The minimum Gasteiger partial charge on any atom is -0.497 e. The fourth-order valence-electron chi connectivity index (χ4n) is 2.88. The minimum atomic E-state index is -0.610. The highest BCUT2D eigenvalue weighted by molar-refractivity contribution is 5.94. The van der Waals surface area contributed by atoms with E-state index in [9.17, 15) is 9.59 Å². The molecule has 3 rings (SSSR count). The SMILES string of the molecule is COc1ccc(NC(=O)Cn2cc(NC(=O)C(C)OCC3CCCO3)cn2)cc1. The van der Waals surface area contributed by atoms with E-state index in [0.29, 0.717) is 23.7 Å². The molecule has 0 saturated carbocycles. The van der Waals surface area contributed by atoms with Crippen LogP contribution in [0.4, 0.5) is 11.4 Å². The number of anilines is 2. The van der Waals surface area contributed by atoms with Crippen molar-refractivity contribution >= 4 is 23.2 Å². The third-order valence-corrected chi connectivity index (χ3v) is 4.51. The van der Waals surface area contributed by atoms with Crippen LogP contribution in [0.25, 0.3) is 0 Å². The molecule has 9 heteroatoms. The van der Waals surface area contributed by atoms with Crippen LogP contribution in [0.2, 0.25) is 0 Å². The van der Waals surface area contributed by atoms with Crippen molar-refractivity contribution in [1.82, 2.24) is 9.78 Å². The predicted octanol–water partition coefficient (Wildman–Crippen LogP) is 2.05. The monoisotopic (exact) mass is 402 g/mol. The minimum absolute atomic E-state index is 0.0208. The zero-order chi connectivity index (χ0) is 20.6. The van der Waals surface area contributed by atoms with Crippen molar-refractivity contribution in [2.75, 3.05) is 31.0 Å². The van der Waals surface area contributed by atoms with E-state index in [1.165, 1.54) is 10.9 Å². The van der Waals surface area contributed by atoms with Gasteiger partial charge in [0.2, 0.25) is 5.91 Å². The zero-order valence-corrected chi connectivity index (χ0v) is 16.6. The summed E-state index contributed by atoms with van der Waals surface area (Å²) in [6, 6.07) is 7.03. The predicted molar refractivity (Wildman–Crippen MR) is 107 cm³/mol. The molecule has 2 amide bonds. The van der Waals surface area contributed by atoms with E-state index in [2.05, 4.69) is 15.7 Å². The van der Waals surface area contributed by atoms with Gasteiger partial charge in [0.15, 0.2) is 0 Å². The lowest BCUT2D eigenvalue weighted by atomic mass is 10.2. The Morgan fingerprint density at radius 1 is 1.28 bits per heavy atom. The van der Waals surface area contributed by atoms with Crippen molar-refractivity contribution in [2.24, 2.45) is 0 Å². The molecule has 29 heavy (non-hydrogen) atoms. The number of aromatic nitrogens is 2. The molecule has 9 nitrogen and oxygen atoms in total. The number of carbonyl (C=O) groups excluding carboxylic acids is 2. The summed E-state index contributed by atoms with van der Waals surface area (Å²) >= 11 is 0. The van der Waals surface area contributed by atoms with Crippen molar-refractivity contribution in [2.45, 2.75) is 38.5 Å². The molecule has 2 N–H and O–H groups in total. The lowest BCUT2D eigenvalue weighted by molar-refractivity contribution is -0.128. The normalized spacial score (nSPS) is 17.0. The van der Waals surface area contributed by atoms with Crippen molar-refractivity contribution in [1.29, 1.82) is 0 Å². The molecule has 0 spiro atoms. The molecule has 1 aliphatic heterocycles. The summed E-state index contributed by atoms with van der Waals surface area (Å²) in [7, 11) is 1.58. The number of amides is 2. The van der Waals surface area contributed by atoms with E-state index < -0.39 is 6.10 Å². The Bertz CT molecular complexity index is 815. The second-order valence-corrected chi connectivity index (χ2v) is 6.80. The highest BCUT2D eigenvalue weighted by Gasteiger charge is 2.20. The first-order chi connectivity index (χ1) is 14.0. The fourth-order valence-corrected chi connectivity index (χ4v) is 2.88. The summed E-state index contributed by atoms with van der Waals surface area (Å²) in [5, 5.41) is 9.63. The van der Waals surface area contributed by atoms with Crippen LogP contribution in [0, 0.1) is 0 Å². The maximum absolute atomic E-state index is 12.2. The molecule has 1 fully saturated rings. The van der Waals surface area contributed by atoms with E-state index in [1.807, 2.05) is 0 Å². The van der Waals surface area contributed by atoms with E-state index in [4.69, 9.17) is 14.2 Å². The molecular weight excluding hydrogens is 376 g/mol. The summed E-state index contributed by atoms with van der Waals surface area (Å²) < 4.78 is 17.6. The number of hydrogen-bond donors (Lipinski definition) is 2. The largest absolute Gasteiger partial charge is 0.497 e. The van der Waals surface area contributed by atoms with Gasteiger partial charge in [-0.2, -0.15) is 5.10 Å². The molecule has 156 valence electrons. The molecule has 0 radical (unpaired) electrons. The van der Waals surface area contributed by atoms with Crippen LogP contribution < -0.4 is 15.4 Å². The Hall–Kier alpha value is -2.91. The molecule has 2 unspecified atom stereocenters. The molecule has 2 aromatic rings. The van der Waals surface area contributed by atoms with Crippen molar-refractivity contribution in [3.05, 3.63) is 36.7 Å². The number of nitrogens with zero attached hydrogens (tertiary/aromatic N) is 2. The van der Waals surface area contributed by atoms with Crippen LogP contribution in [0.5, 0.6) is 5.75 Å². The Kier molecular flexibility index (Phi) is 7.20. The number of ether oxygens (including phenoxy) is 3. The molecule has 1 saturated heterocycles. The highest BCUT2D eigenvalue weighted by atomic mass is 16.5. The molecular formula is C20H26N4O5. The van der Waals surface area contributed by atoms with E-state index in [0.717, 1.165) is 19.4 Å². The maximum atomic E-state index is 12.2. The molecule has 1 aliphatic rings. The first kappa shape index (κ1) is 20.8. The van der Waals surface area contributed by atoms with Crippen LogP contribution in [0.1, 0.15) is 19.8 Å². The van der Waals surface area contributed by atoms with Crippen LogP contribution in [0.3, 0.4) is 0 Å². The van der Waals surface area contributed by atoms with E-state index >= 15 is 0 Å². The number of benzene rings is 1. The fraction of sp³-hybridized carbons (Fsp3) is 0.450. The van der Waals surface area contributed by atoms with Gasteiger partial charge in [-0.05, 0) is 44.0 Å². The standard InChI is InChI=1S/C20H26N4O5/c1-14(29-13-18-4-3-9-28-18)20(26)23-16-10-21-24(11-16)12-19(25)22-15-5-7-17(27-2)8-6-15/h5-8,10-11,14,18H,3-4,9,12-13H2,1-2H3,(H,22,25)(H,23,26). The molecule has 0 bridgehead atoms. The molecule has 2 heterocycles. The smallest absolute Gasteiger partial charge is 0.253 e. The average molecular weight is 402 g/mol.